The fourth-order valence-corrected chi connectivity index (χ4v) is 10.1. The molecule has 0 saturated carbocycles. The minimum absolute atomic E-state index is 0.00667. The first-order valence-corrected chi connectivity index (χ1v) is 22.3. The highest BCUT2D eigenvalue weighted by molar-refractivity contribution is 6.05. The minimum atomic E-state index is -0.945. The van der Waals surface area contributed by atoms with Crippen LogP contribution in [0.4, 0.5) is 21.0 Å². The highest BCUT2D eigenvalue weighted by Crippen LogP contribution is 2.47. The van der Waals surface area contributed by atoms with E-state index in [0.29, 0.717) is 37.6 Å². The van der Waals surface area contributed by atoms with Gasteiger partial charge in [-0.2, -0.15) is 0 Å². The maximum absolute atomic E-state index is 14.3. The number of amides is 4. The van der Waals surface area contributed by atoms with E-state index in [1.54, 1.807) is 18.2 Å². The van der Waals surface area contributed by atoms with E-state index in [9.17, 15) is 19.2 Å². The fraction of sp³-hybridized carbons (Fsp3) is 0.408. The van der Waals surface area contributed by atoms with Crippen molar-refractivity contribution in [2.24, 2.45) is 11.8 Å². The van der Waals surface area contributed by atoms with Crippen LogP contribution in [0.3, 0.4) is 0 Å². The highest BCUT2D eigenvalue weighted by Gasteiger charge is 2.45. The van der Waals surface area contributed by atoms with Crippen molar-refractivity contribution in [2.75, 3.05) is 45.1 Å². The Balaban J connectivity index is 0.945. The van der Waals surface area contributed by atoms with E-state index in [1.165, 1.54) is 14.2 Å². The van der Waals surface area contributed by atoms with Crippen molar-refractivity contribution >= 4 is 46.1 Å². The predicted octanol–water partition coefficient (Wildman–Crippen LogP) is 7.35. The van der Waals surface area contributed by atoms with Gasteiger partial charge in [-0.1, -0.05) is 62.4 Å². The summed E-state index contributed by atoms with van der Waals surface area (Å²) in [5.41, 5.74) is 7.41. The van der Waals surface area contributed by atoms with E-state index in [4.69, 9.17) is 23.9 Å². The number of rotatable bonds is 11. The van der Waals surface area contributed by atoms with E-state index >= 15 is 0 Å². The summed E-state index contributed by atoms with van der Waals surface area (Å²) >= 11 is 0. The Hall–Kier alpha value is -6.81. The van der Waals surface area contributed by atoms with Crippen molar-refractivity contribution in [3.63, 3.8) is 0 Å². The molecule has 1 unspecified atom stereocenters. The van der Waals surface area contributed by atoms with Gasteiger partial charge >= 0.3 is 12.2 Å². The average Bonchev–Trinajstić information content (AvgIpc) is 4.15. The van der Waals surface area contributed by atoms with Crippen molar-refractivity contribution in [1.29, 1.82) is 0 Å². The number of aromatic amines is 1. The first kappa shape index (κ1) is 43.4. The Labute approximate surface area is 377 Å². The zero-order valence-corrected chi connectivity index (χ0v) is 37.5. The summed E-state index contributed by atoms with van der Waals surface area (Å²) in [6.07, 6.45) is 2.55. The van der Waals surface area contributed by atoms with Gasteiger partial charge in [0, 0.05) is 36.6 Å². The van der Waals surface area contributed by atoms with Crippen LogP contribution in [0.1, 0.15) is 69.1 Å². The number of carbonyl (C=O) groups is 4. The molecule has 0 radical (unpaired) electrons. The molecule has 4 aliphatic heterocycles. The molecule has 9 rings (SSSR count). The van der Waals surface area contributed by atoms with Crippen LogP contribution >= 0.6 is 0 Å². The number of aromatic nitrogens is 2. The molecule has 4 aliphatic rings. The number of anilines is 2. The molecule has 16 nitrogen and oxygen atoms in total. The van der Waals surface area contributed by atoms with Crippen LogP contribution < -0.4 is 26.0 Å². The van der Waals surface area contributed by atoms with Crippen molar-refractivity contribution in [1.82, 2.24) is 30.4 Å². The third-order valence-corrected chi connectivity index (χ3v) is 13.4. The lowest BCUT2D eigenvalue weighted by Gasteiger charge is -2.36. The number of hydrogen-bond acceptors (Lipinski definition) is 11. The quantitative estimate of drug-likeness (QED) is 0.0893. The molecule has 4 aromatic carbocycles. The Morgan fingerprint density at radius 2 is 1.68 bits per heavy atom. The molecule has 0 spiro atoms. The highest BCUT2D eigenvalue weighted by atomic mass is 16.5. The van der Waals surface area contributed by atoms with Gasteiger partial charge in [0.15, 0.2) is 0 Å². The number of H-pyrrole nitrogens is 1. The van der Waals surface area contributed by atoms with E-state index in [2.05, 4.69) is 75.6 Å². The number of alkyl carbamates (subject to hydrolysis) is 2. The predicted molar refractivity (Wildman–Crippen MR) is 245 cm³/mol. The Bertz CT molecular complexity index is 2620. The number of likely N-dealkylation sites (tertiary alicyclic amines) is 2. The molecule has 16 heteroatoms. The van der Waals surface area contributed by atoms with Gasteiger partial charge in [-0.25, -0.2) is 14.6 Å². The molecule has 65 heavy (non-hydrogen) atoms. The SMILES string of the molecule is COC[C@H]1C[C@@H](c2ncc(-c3ccc4c(c3)COc3cc5c6c(ccc5cc3-4)NC([C@@H]3CC[C@H](C)N3C(=O)[C@@H](NC(=O)OC)C(C)C)N6)[nH]2)N(C(=O)[C@H](NC(=O)OC)c2ccccc2)C1. The van der Waals surface area contributed by atoms with Gasteiger partial charge in [0.2, 0.25) is 5.91 Å². The van der Waals surface area contributed by atoms with Crippen LogP contribution in [0.2, 0.25) is 0 Å². The zero-order valence-electron chi connectivity index (χ0n) is 37.5. The maximum Gasteiger partial charge on any atom is 0.407 e. The zero-order chi connectivity index (χ0) is 45.5. The van der Waals surface area contributed by atoms with Gasteiger partial charge < -0.3 is 55.0 Å². The molecule has 5 aromatic rings. The monoisotopic (exact) mass is 884 g/mol. The molecule has 2 saturated heterocycles. The van der Waals surface area contributed by atoms with Crippen molar-refractivity contribution < 1.29 is 38.1 Å². The summed E-state index contributed by atoms with van der Waals surface area (Å²) in [6.45, 7) is 7.19. The summed E-state index contributed by atoms with van der Waals surface area (Å²) in [7, 11) is 4.23. The van der Waals surface area contributed by atoms with Crippen LogP contribution in [0, 0.1) is 11.8 Å². The van der Waals surface area contributed by atoms with Crippen molar-refractivity contribution in [2.45, 2.75) is 83.0 Å². The minimum Gasteiger partial charge on any atom is -0.488 e. The number of carbonyl (C=O) groups excluding carboxylic acids is 4. The number of methoxy groups -OCH3 is 3. The number of imidazole rings is 1. The second-order valence-corrected chi connectivity index (χ2v) is 17.8. The Morgan fingerprint density at radius 3 is 2.43 bits per heavy atom. The van der Waals surface area contributed by atoms with Crippen molar-refractivity contribution in [3.8, 4) is 28.1 Å². The molecule has 2 fully saturated rings. The molecular formula is C49H56N8O8. The summed E-state index contributed by atoms with van der Waals surface area (Å²) in [6, 6.07) is 21.8. The lowest BCUT2D eigenvalue weighted by Crippen LogP contribution is -2.57. The van der Waals surface area contributed by atoms with E-state index in [0.717, 1.165) is 68.7 Å². The normalized spacial score (nSPS) is 21.6. The number of ether oxygens (including phenoxy) is 4. The first-order chi connectivity index (χ1) is 31.5. The molecule has 5 N–H and O–H groups in total. The first-order valence-electron chi connectivity index (χ1n) is 22.3. The molecule has 0 bridgehead atoms. The molecule has 0 aliphatic carbocycles. The number of nitrogens with one attached hydrogen (secondary N) is 5. The lowest BCUT2D eigenvalue weighted by molar-refractivity contribution is -0.137. The van der Waals surface area contributed by atoms with Gasteiger partial charge in [-0.05, 0) is 84.0 Å². The van der Waals surface area contributed by atoms with Crippen LogP contribution in [0.15, 0.2) is 79.0 Å². The molecule has 7 atom stereocenters. The van der Waals surface area contributed by atoms with Gasteiger partial charge in [-0.3, -0.25) is 9.59 Å². The number of hydrogen-bond donors (Lipinski definition) is 5. The maximum atomic E-state index is 14.3. The lowest BCUT2D eigenvalue weighted by atomic mass is 9.92. The summed E-state index contributed by atoms with van der Waals surface area (Å²) in [4.78, 5) is 65.0. The Morgan fingerprint density at radius 1 is 0.892 bits per heavy atom. The smallest absolute Gasteiger partial charge is 0.407 e. The molecular weight excluding hydrogens is 829 g/mol. The summed E-state index contributed by atoms with van der Waals surface area (Å²) < 4.78 is 21.7. The number of fused-ring (bicyclic) bond motifs is 6. The topological polar surface area (TPSA) is 188 Å². The van der Waals surface area contributed by atoms with Crippen LogP contribution in [0.25, 0.3) is 33.2 Å². The molecule has 1 aromatic heterocycles. The third-order valence-electron chi connectivity index (χ3n) is 13.4. The molecule has 340 valence electrons. The van der Waals surface area contributed by atoms with Crippen molar-refractivity contribution in [3.05, 3.63) is 95.9 Å². The van der Waals surface area contributed by atoms with E-state index in [1.807, 2.05) is 49.1 Å². The third kappa shape index (κ3) is 8.26. The fourth-order valence-electron chi connectivity index (χ4n) is 10.1. The van der Waals surface area contributed by atoms with Crippen LogP contribution in [0.5, 0.6) is 5.75 Å². The van der Waals surface area contributed by atoms with E-state index < -0.39 is 24.3 Å². The molecule has 5 heterocycles. The van der Waals surface area contributed by atoms with Crippen LogP contribution in [-0.2, 0) is 30.4 Å². The van der Waals surface area contributed by atoms with Gasteiger partial charge in [0.25, 0.3) is 5.91 Å². The largest absolute Gasteiger partial charge is 0.488 e. The second-order valence-electron chi connectivity index (χ2n) is 17.8. The average molecular weight is 885 g/mol. The van der Waals surface area contributed by atoms with Gasteiger partial charge in [0.05, 0.1) is 56.2 Å². The second kappa shape index (κ2) is 18.0. The standard InChI is InChI=1S/C49H56N8O8/c1-26(2)41(54-48(60)63-5)47(59)57-27(3)12-17-38(57)45-51-36-16-14-30-20-35-33-15-13-31(19-32(33)25-65-40(35)21-34(30)43(36)53-45)37-22-50-44(52-37)39-18-28(24-62-4)23-56(39)46(58)42(55-49(61)64-6)29-10-8-7-9-11-29/h7-11,13-16,19-22,26-28,38-39,41-42,45,51,53H,12,17-18,23-25H2,1-6H3,(H,50,52)(H,54,60)(H,55,61)/t27-,28-,38-,39-,41-,42+,45?/m0/s1. The number of benzene rings is 4. The summed E-state index contributed by atoms with van der Waals surface area (Å²) in [5.74, 6) is 1.01. The summed E-state index contributed by atoms with van der Waals surface area (Å²) in [5, 5.41) is 14.9. The Kier molecular flexibility index (Phi) is 12.0. The number of nitrogens with zero attached hydrogens (tertiary/aromatic N) is 3. The van der Waals surface area contributed by atoms with Gasteiger partial charge in [0.1, 0.15) is 36.4 Å². The van der Waals surface area contributed by atoms with E-state index in [-0.39, 0.29) is 47.9 Å². The molecule has 4 amide bonds. The van der Waals surface area contributed by atoms with Crippen LogP contribution in [-0.4, -0.2) is 103 Å². The van der Waals surface area contributed by atoms with Gasteiger partial charge in [-0.15, -0.1) is 0 Å².